The first-order chi connectivity index (χ1) is 10.00. The number of ketones is 1. The largest absolute Gasteiger partial charge is 0.368 e. The van der Waals surface area contributed by atoms with Crippen molar-refractivity contribution in [3.63, 3.8) is 0 Å². The fourth-order valence-electron chi connectivity index (χ4n) is 2.53. The molecule has 2 heterocycles. The third-order valence-corrected chi connectivity index (χ3v) is 8.45. The molecule has 6 nitrogen and oxygen atoms in total. The standard InChI is InChI=1S/C13H17Br2NO5S/c1-13(2,3)9(17)7-6(5-14)10(15)22(19,20)12-8(21-4)11(18)16(7)12/h8,10,12H,5H2,1-4H3/t8-,10?,12+/m0/s1. The molecule has 2 rings (SSSR count). The molecule has 22 heavy (non-hydrogen) atoms. The molecule has 2 aliphatic heterocycles. The fourth-order valence-corrected chi connectivity index (χ4v) is 6.72. The molecule has 1 unspecified atom stereocenters. The van der Waals surface area contributed by atoms with Gasteiger partial charge in [-0.3, -0.25) is 14.5 Å². The van der Waals surface area contributed by atoms with Crippen LogP contribution in [0, 0.1) is 5.41 Å². The number of sulfone groups is 1. The maximum atomic E-state index is 12.7. The zero-order valence-electron chi connectivity index (χ0n) is 12.6. The van der Waals surface area contributed by atoms with Crippen LogP contribution >= 0.6 is 31.9 Å². The van der Waals surface area contributed by atoms with Gasteiger partial charge in [-0.1, -0.05) is 52.6 Å². The first kappa shape index (κ1) is 18.1. The summed E-state index contributed by atoms with van der Waals surface area (Å²) in [7, 11) is -2.43. The van der Waals surface area contributed by atoms with E-state index in [1.165, 1.54) is 7.11 Å². The molecule has 9 heteroatoms. The summed E-state index contributed by atoms with van der Waals surface area (Å²) in [6, 6.07) is 0. The van der Waals surface area contributed by atoms with Gasteiger partial charge in [-0.2, -0.15) is 0 Å². The highest BCUT2D eigenvalue weighted by molar-refractivity contribution is 9.11. The molecule has 0 aliphatic carbocycles. The second-order valence-electron chi connectivity index (χ2n) is 6.25. The molecule has 0 aromatic heterocycles. The van der Waals surface area contributed by atoms with Gasteiger partial charge in [-0.05, 0) is 5.57 Å². The lowest BCUT2D eigenvalue weighted by Gasteiger charge is -2.50. The van der Waals surface area contributed by atoms with Gasteiger partial charge in [0.25, 0.3) is 5.91 Å². The maximum Gasteiger partial charge on any atom is 0.260 e. The highest BCUT2D eigenvalue weighted by atomic mass is 79.9. The number of carbonyl (C=O) groups is 2. The first-order valence-electron chi connectivity index (χ1n) is 6.56. The zero-order valence-corrected chi connectivity index (χ0v) is 16.6. The molecule has 124 valence electrons. The van der Waals surface area contributed by atoms with E-state index in [1.807, 2.05) is 0 Å². The van der Waals surface area contributed by atoms with E-state index in [0.717, 1.165) is 4.90 Å². The van der Waals surface area contributed by atoms with Crippen LogP contribution in [0.3, 0.4) is 0 Å². The second kappa shape index (κ2) is 5.68. The van der Waals surface area contributed by atoms with Crippen molar-refractivity contribution in [2.45, 2.75) is 36.4 Å². The van der Waals surface area contributed by atoms with Crippen molar-refractivity contribution in [3.05, 3.63) is 11.3 Å². The SMILES string of the molecule is CO[C@H]1C(=O)N2C(C(=O)C(C)(C)C)=C(CBr)C(Br)S(=O)(=O)[C@H]12. The predicted octanol–water partition coefficient (Wildman–Crippen LogP) is 1.58. The Morgan fingerprint density at radius 2 is 1.91 bits per heavy atom. The Kier molecular flexibility index (Phi) is 4.67. The van der Waals surface area contributed by atoms with E-state index in [9.17, 15) is 18.0 Å². The maximum absolute atomic E-state index is 12.7. The summed E-state index contributed by atoms with van der Waals surface area (Å²) in [5.74, 6) is -0.768. The highest BCUT2D eigenvalue weighted by Gasteiger charge is 2.63. The molecule has 0 radical (unpaired) electrons. The minimum absolute atomic E-state index is 0.157. The van der Waals surface area contributed by atoms with Crippen LogP contribution in [0.15, 0.2) is 11.3 Å². The van der Waals surface area contributed by atoms with Gasteiger partial charge < -0.3 is 4.74 Å². The Morgan fingerprint density at radius 3 is 2.32 bits per heavy atom. The Balaban J connectivity index is 2.68. The lowest BCUT2D eigenvalue weighted by Crippen LogP contribution is -2.71. The van der Waals surface area contributed by atoms with Crippen LogP contribution in [0.2, 0.25) is 0 Å². The van der Waals surface area contributed by atoms with Crippen molar-refractivity contribution in [1.29, 1.82) is 0 Å². The summed E-state index contributed by atoms with van der Waals surface area (Å²) < 4.78 is 29.2. The molecule has 3 atom stereocenters. The number of fused-ring (bicyclic) bond motifs is 1. The Hall–Kier alpha value is -0.250. The molecule has 0 spiro atoms. The van der Waals surface area contributed by atoms with Crippen LogP contribution in [-0.2, 0) is 24.2 Å². The molecular weight excluding hydrogens is 442 g/mol. The van der Waals surface area contributed by atoms with Gasteiger partial charge in [-0.25, -0.2) is 8.42 Å². The first-order valence-corrected chi connectivity index (χ1v) is 10.2. The number of alkyl halides is 2. The second-order valence-corrected chi connectivity index (χ2v) is 10.5. The summed E-state index contributed by atoms with van der Waals surface area (Å²) in [6.45, 7) is 5.19. The third kappa shape index (κ3) is 2.40. The van der Waals surface area contributed by atoms with E-state index < -0.39 is 36.8 Å². The number of carbonyl (C=O) groups excluding carboxylic acids is 2. The number of allylic oxidation sites excluding steroid dienone is 1. The molecule has 1 fully saturated rings. The molecule has 1 saturated heterocycles. The van der Waals surface area contributed by atoms with Crippen molar-refractivity contribution >= 4 is 53.4 Å². The van der Waals surface area contributed by atoms with E-state index in [1.54, 1.807) is 20.8 Å². The van der Waals surface area contributed by atoms with Crippen molar-refractivity contribution in [1.82, 2.24) is 4.90 Å². The van der Waals surface area contributed by atoms with Gasteiger partial charge in [0, 0.05) is 17.9 Å². The van der Waals surface area contributed by atoms with Crippen molar-refractivity contribution in [3.8, 4) is 0 Å². The molecule has 0 aromatic rings. The number of hydrogen-bond acceptors (Lipinski definition) is 5. The van der Waals surface area contributed by atoms with Crippen LogP contribution in [0.5, 0.6) is 0 Å². The van der Waals surface area contributed by atoms with Crippen molar-refractivity contribution in [2.24, 2.45) is 5.41 Å². The minimum Gasteiger partial charge on any atom is -0.368 e. The van der Waals surface area contributed by atoms with E-state index in [-0.39, 0.29) is 16.8 Å². The summed E-state index contributed by atoms with van der Waals surface area (Å²) in [5, 5.41) is -0.980. The number of halogens is 2. The number of rotatable bonds is 3. The lowest BCUT2D eigenvalue weighted by molar-refractivity contribution is -0.161. The van der Waals surface area contributed by atoms with Gasteiger partial charge >= 0.3 is 0 Å². The molecule has 0 N–H and O–H groups in total. The molecule has 0 bridgehead atoms. The Labute approximate surface area is 146 Å². The van der Waals surface area contributed by atoms with Crippen molar-refractivity contribution in [2.75, 3.05) is 12.4 Å². The summed E-state index contributed by atoms with van der Waals surface area (Å²) in [6.07, 6.45) is -1.07. The van der Waals surface area contributed by atoms with Gasteiger partial charge in [0.05, 0.1) is 5.70 Å². The minimum atomic E-state index is -3.71. The monoisotopic (exact) mass is 457 g/mol. The van der Waals surface area contributed by atoms with Crippen LogP contribution in [0.4, 0.5) is 0 Å². The highest BCUT2D eigenvalue weighted by Crippen LogP contribution is 2.45. The average molecular weight is 459 g/mol. The summed E-state index contributed by atoms with van der Waals surface area (Å²) in [5.41, 5.74) is -0.233. The quantitative estimate of drug-likeness (QED) is 0.473. The number of nitrogens with zero attached hydrogens (tertiary/aromatic N) is 1. The number of amides is 1. The topological polar surface area (TPSA) is 80.8 Å². The van der Waals surface area contributed by atoms with Gasteiger partial charge in [-0.15, -0.1) is 0 Å². The molecule has 0 aromatic carbocycles. The van der Waals surface area contributed by atoms with Crippen LogP contribution < -0.4 is 0 Å². The molecular formula is C13H17Br2NO5S. The third-order valence-electron chi connectivity index (χ3n) is 3.73. The Bertz CT molecular complexity index is 664. The average Bonchev–Trinajstić information content (AvgIpc) is 2.40. The molecule has 2 aliphatic rings. The lowest BCUT2D eigenvalue weighted by atomic mass is 9.86. The van der Waals surface area contributed by atoms with Crippen LogP contribution in [0.1, 0.15) is 20.8 Å². The van der Waals surface area contributed by atoms with E-state index >= 15 is 0 Å². The van der Waals surface area contributed by atoms with Crippen LogP contribution in [0.25, 0.3) is 0 Å². The van der Waals surface area contributed by atoms with Gasteiger partial charge in [0.1, 0.15) is 4.16 Å². The summed E-state index contributed by atoms with van der Waals surface area (Å²) in [4.78, 5) is 26.1. The molecule has 1 amide bonds. The molecule has 0 saturated carbocycles. The number of methoxy groups -OCH3 is 1. The fraction of sp³-hybridized carbons (Fsp3) is 0.692. The van der Waals surface area contributed by atoms with Gasteiger partial charge in [0.15, 0.2) is 27.1 Å². The summed E-state index contributed by atoms with van der Waals surface area (Å²) >= 11 is 6.40. The normalized spacial score (nSPS) is 30.9. The predicted molar refractivity (Wildman–Crippen MR) is 88.3 cm³/mol. The van der Waals surface area contributed by atoms with E-state index in [4.69, 9.17) is 4.74 Å². The Morgan fingerprint density at radius 1 is 1.36 bits per heavy atom. The number of hydrogen-bond donors (Lipinski definition) is 0. The van der Waals surface area contributed by atoms with E-state index in [2.05, 4.69) is 31.9 Å². The van der Waals surface area contributed by atoms with Crippen LogP contribution in [-0.4, -0.2) is 53.1 Å². The smallest absolute Gasteiger partial charge is 0.260 e. The number of Topliss-reactive ketones (excluding diaryl/α,β-unsaturated/α-hetero) is 1. The van der Waals surface area contributed by atoms with Gasteiger partial charge in [0.2, 0.25) is 0 Å². The van der Waals surface area contributed by atoms with Crippen molar-refractivity contribution < 1.29 is 22.7 Å². The number of β-lactam (4-membered cyclic amide) rings is 1. The van der Waals surface area contributed by atoms with E-state index in [0.29, 0.717) is 5.57 Å². The zero-order chi connectivity index (χ0) is 17.0. The number of ether oxygens (including phenoxy) is 1.